The molecule has 5 aromatic rings. The SMILES string of the molecule is [C-]#[N+]/N=c1/c2cc(F)cc(F)c2c2nc3c(=NC#N)c4cc(F)cc(F)c4c3nc12. The van der Waals surface area contributed by atoms with Gasteiger partial charge in [0.15, 0.2) is 5.36 Å². The second-order valence-corrected chi connectivity index (χ2v) is 6.35. The minimum atomic E-state index is -0.958. The molecular weight excluding hydrogens is 400 g/mol. The van der Waals surface area contributed by atoms with Gasteiger partial charge in [-0.1, -0.05) is 0 Å². The Morgan fingerprint density at radius 1 is 0.800 bits per heavy atom. The molecule has 6 nitrogen and oxygen atoms in total. The van der Waals surface area contributed by atoms with Crippen LogP contribution in [0.15, 0.2) is 34.4 Å². The highest BCUT2D eigenvalue weighted by atomic mass is 19.1. The molecule has 1 heterocycles. The number of hydrogen-bond donors (Lipinski definition) is 0. The summed E-state index contributed by atoms with van der Waals surface area (Å²) in [5.74, 6) is -3.69. The van der Waals surface area contributed by atoms with Crippen molar-refractivity contribution in [3.05, 3.63) is 69.8 Å². The van der Waals surface area contributed by atoms with Crippen LogP contribution < -0.4 is 10.7 Å². The monoisotopic (exact) mass is 404 g/mol. The van der Waals surface area contributed by atoms with Gasteiger partial charge in [-0.15, -0.1) is 4.95 Å². The topological polar surface area (TPSA) is 78.6 Å². The molecule has 5 rings (SSSR count). The van der Waals surface area contributed by atoms with E-state index in [9.17, 15) is 17.6 Å². The Kier molecular flexibility index (Phi) is 3.54. The van der Waals surface area contributed by atoms with Gasteiger partial charge in [0.25, 0.3) is 0 Å². The number of benzene rings is 2. The Hall–Kier alpha value is -4.44. The molecule has 0 radical (unpaired) electrons. The zero-order chi connectivity index (χ0) is 21.2. The van der Waals surface area contributed by atoms with E-state index in [0.717, 1.165) is 12.1 Å². The lowest BCUT2D eigenvalue weighted by atomic mass is 10.2. The van der Waals surface area contributed by atoms with Gasteiger partial charge in [-0.3, -0.25) is 0 Å². The summed E-state index contributed by atoms with van der Waals surface area (Å²) in [5, 5.41) is 12.0. The van der Waals surface area contributed by atoms with Crippen molar-refractivity contribution < 1.29 is 17.6 Å². The van der Waals surface area contributed by atoms with E-state index < -0.39 is 23.3 Å². The third-order valence-electron chi connectivity index (χ3n) is 4.75. The first-order valence-electron chi connectivity index (χ1n) is 8.28. The molecule has 0 fully saturated rings. The molecule has 0 spiro atoms. The van der Waals surface area contributed by atoms with E-state index in [1.165, 1.54) is 0 Å². The molecule has 0 saturated heterocycles. The third kappa shape index (κ3) is 2.22. The number of halogens is 4. The molecule has 0 aliphatic heterocycles. The molecule has 0 amide bonds. The molecule has 0 unspecified atom stereocenters. The zero-order valence-corrected chi connectivity index (χ0v) is 14.5. The second-order valence-electron chi connectivity index (χ2n) is 6.35. The van der Waals surface area contributed by atoms with Gasteiger partial charge in [0.2, 0.25) is 6.19 Å². The van der Waals surface area contributed by atoms with Crippen LogP contribution in [0.25, 0.3) is 48.6 Å². The minimum absolute atomic E-state index is 0.0271. The summed E-state index contributed by atoms with van der Waals surface area (Å²) in [6.45, 7) is 7.02. The normalized spacial score (nSPS) is 13.0. The van der Waals surface area contributed by atoms with Gasteiger partial charge < -0.3 is 0 Å². The number of hydrogen-bond acceptors (Lipinski definition) is 5. The Balaban J connectivity index is 2.17. The highest BCUT2D eigenvalue weighted by molar-refractivity contribution is 6.15. The van der Waals surface area contributed by atoms with E-state index in [2.05, 4.69) is 25.0 Å². The summed E-state index contributed by atoms with van der Waals surface area (Å²) in [6, 6.07) is 3.27. The maximum absolute atomic E-state index is 14.6. The Morgan fingerprint density at radius 3 is 1.80 bits per heavy atom. The number of fused-ring (bicyclic) bond motifs is 6. The van der Waals surface area contributed by atoms with Crippen LogP contribution in [0.2, 0.25) is 0 Å². The van der Waals surface area contributed by atoms with Crippen LogP contribution in [0, 0.1) is 41.3 Å². The quantitative estimate of drug-likeness (QED) is 0.171. The molecule has 142 valence electrons. The van der Waals surface area contributed by atoms with Crippen molar-refractivity contribution in [2.24, 2.45) is 10.1 Å². The average Bonchev–Trinajstić information content (AvgIpc) is 3.14. The highest BCUT2D eigenvalue weighted by Crippen LogP contribution is 2.30. The predicted molar refractivity (Wildman–Crippen MR) is 97.6 cm³/mol. The predicted octanol–water partition coefficient (Wildman–Crippen LogP) is 3.64. The molecule has 0 atom stereocenters. The van der Waals surface area contributed by atoms with Crippen LogP contribution in [0.4, 0.5) is 17.6 Å². The smallest absolute Gasteiger partial charge is 0.206 e. The first kappa shape index (κ1) is 17.6. The minimum Gasteiger partial charge on any atom is -0.241 e. The van der Waals surface area contributed by atoms with Gasteiger partial charge in [-0.2, -0.15) is 16.8 Å². The van der Waals surface area contributed by atoms with Gasteiger partial charge in [-0.05, 0) is 12.1 Å². The van der Waals surface area contributed by atoms with E-state index in [-0.39, 0.29) is 54.3 Å². The van der Waals surface area contributed by atoms with Crippen LogP contribution in [0.1, 0.15) is 0 Å². The van der Waals surface area contributed by atoms with E-state index >= 15 is 0 Å². The molecule has 0 bridgehead atoms. The molecule has 0 N–H and O–H groups in total. The van der Waals surface area contributed by atoms with Gasteiger partial charge in [-0.25, -0.2) is 27.5 Å². The van der Waals surface area contributed by atoms with Crippen molar-refractivity contribution in [2.75, 3.05) is 0 Å². The summed E-state index contributed by atoms with van der Waals surface area (Å²) in [5.41, 5.74) is -0.254. The maximum Gasteiger partial charge on any atom is 0.206 e. The molecule has 1 aromatic heterocycles. The number of rotatable bonds is 0. The summed E-state index contributed by atoms with van der Waals surface area (Å²) < 4.78 is 56.8. The molecule has 4 aromatic carbocycles. The van der Waals surface area contributed by atoms with E-state index in [1.54, 1.807) is 6.19 Å². The summed E-state index contributed by atoms with van der Waals surface area (Å²) in [4.78, 5) is 15.1. The molecule has 0 aliphatic rings. The molecular formula is C20H4F4N6. The Labute approximate surface area is 163 Å². The number of aromatic nitrogens is 2. The van der Waals surface area contributed by atoms with Crippen molar-refractivity contribution in [1.29, 1.82) is 5.26 Å². The fourth-order valence-electron chi connectivity index (χ4n) is 3.69. The summed E-state index contributed by atoms with van der Waals surface area (Å²) in [7, 11) is 0. The third-order valence-corrected chi connectivity index (χ3v) is 4.75. The summed E-state index contributed by atoms with van der Waals surface area (Å²) in [6.07, 6.45) is 1.55. The summed E-state index contributed by atoms with van der Waals surface area (Å²) >= 11 is 0. The maximum atomic E-state index is 14.6. The van der Waals surface area contributed by atoms with Crippen molar-refractivity contribution in [1.82, 2.24) is 9.97 Å². The van der Waals surface area contributed by atoms with Crippen molar-refractivity contribution >= 4 is 43.6 Å². The fourth-order valence-corrected chi connectivity index (χ4v) is 3.69. The molecule has 0 aliphatic carbocycles. The lowest BCUT2D eigenvalue weighted by molar-refractivity contribution is 0.591. The number of nitrogens with zero attached hydrogens (tertiary/aromatic N) is 6. The molecule has 0 saturated carbocycles. The van der Waals surface area contributed by atoms with Gasteiger partial charge in [0, 0.05) is 33.7 Å². The van der Waals surface area contributed by atoms with E-state index in [4.69, 9.17) is 11.8 Å². The van der Waals surface area contributed by atoms with Crippen LogP contribution in [0.3, 0.4) is 0 Å². The lowest BCUT2D eigenvalue weighted by Gasteiger charge is -1.96. The van der Waals surface area contributed by atoms with E-state index in [0.29, 0.717) is 12.1 Å². The fraction of sp³-hybridized carbons (Fsp3) is 0. The van der Waals surface area contributed by atoms with E-state index in [1.807, 2.05) is 0 Å². The molecule has 10 heteroatoms. The van der Waals surface area contributed by atoms with Gasteiger partial charge >= 0.3 is 0 Å². The van der Waals surface area contributed by atoms with Crippen LogP contribution in [-0.4, -0.2) is 9.97 Å². The largest absolute Gasteiger partial charge is 0.241 e. The van der Waals surface area contributed by atoms with Crippen LogP contribution in [-0.2, 0) is 0 Å². The second kappa shape index (κ2) is 6.03. The number of nitriles is 1. The first-order chi connectivity index (χ1) is 14.4. The Morgan fingerprint density at radius 2 is 1.30 bits per heavy atom. The van der Waals surface area contributed by atoms with Crippen molar-refractivity contribution in [2.45, 2.75) is 0 Å². The zero-order valence-electron chi connectivity index (χ0n) is 14.5. The highest BCUT2D eigenvalue weighted by Gasteiger charge is 2.23. The standard InChI is InChI=1S/C20H4F4N6/c1-26-30-16-10-3-8(22)5-12(24)14(10)18-20(16)29-17-13-9(2-7(21)4-11(13)23)15(27-6-25)19(17)28-18/h2-5H/b27-15?,30-16-. The van der Waals surface area contributed by atoms with Crippen molar-refractivity contribution in [3.63, 3.8) is 0 Å². The van der Waals surface area contributed by atoms with Crippen molar-refractivity contribution in [3.8, 4) is 6.19 Å². The Bertz CT molecular complexity index is 1630. The van der Waals surface area contributed by atoms with Gasteiger partial charge in [0.1, 0.15) is 50.7 Å². The van der Waals surface area contributed by atoms with Crippen LogP contribution >= 0.6 is 0 Å². The van der Waals surface area contributed by atoms with Gasteiger partial charge in [0.05, 0.1) is 5.10 Å². The van der Waals surface area contributed by atoms with Crippen LogP contribution in [0.5, 0.6) is 0 Å². The molecule has 30 heavy (non-hydrogen) atoms. The first-order valence-corrected chi connectivity index (χ1v) is 8.28. The lowest BCUT2D eigenvalue weighted by Crippen LogP contribution is -2.03. The average molecular weight is 404 g/mol.